The second kappa shape index (κ2) is 3.78. The number of nitrogens with one attached hydrogen (secondary N) is 1. The maximum absolute atomic E-state index is 12.7. The summed E-state index contributed by atoms with van der Waals surface area (Å²) in [6.45, 7) is 0.339. The summed E-state index contributed by atoms with van der Waals surface area (Å²) in [7, 11) is 0. The molecule has 1 aromatic rings. The standard InChI is InChI=1S/C7H6BrF2N/c8-11-4-5-1-2-6(9)3-7(5)10/h1-3,11H,4H2. The van der Waals surface area contributed by atoms with Crippen molar-refractivity contribution < 1.29 is 8.78 Å². The molecule has 0 saturated carbocycles. The summed E-state index contributed by atoms with van der Waals surface area (Å²) in [4.78, 5) is 0. The Bertz CT molecular complexity index is 252. The van der Waals surface area contributed by atoms with Crippen molar-refractivity contribution in [2.75, 3.05) is 0 Å². The van der Waals surface area contributed by atoms with E-state index in [2.05, 4.69) is 20.5 Å². The van der Waals surface area contributed by atoms with Crippen molar-refractivity contribution in [2.45, 2.75) is 6.54 Å². The molecule has 0 bridgehead atoms. The van der Waals surface area contributed by atoms with Crippen molar-refractivity contribution in [1.82, 2.24) is 4.34 Å². The first-order chi connectivity index (χ1) is 5.24. The van der Waals surface area contributed by atoms with Crippen molar-refractivity contribution in [3.05, 3.63) is 35.4 Å². The fourth-order valence-corrected chi connectivity index (χ4v) is 1.04. The highest BCUT2D eigenvalue weighted by Crippen LogP contribution is 2.08. The van der Waals surface area contributed by atoms with Gasteiger partial charge in [0, 0.05) is 34.3 Å². The predicted octanol–water partition coefficient (Wildman–Crippen LogP) is 2.36. The van der Waals surface area contributed by atoms with Crippen molar-refractivity contribution in [1.29, 1.82) is 0 Å². The first-order valence-electron chi connectivity index (χ1n) is 3.01. The maximum atomic E-state index is 12.7. The molecule has 0 aliphatic carbocycles. The van der Waals surface area contributed by atoms with Gasteiger partial charge in [-0.3, -0.25) is 4.34 Å². The molecule has 0 aromatic heterocycles. The van der Waals surface area contributed by atoms with E-state index >= 15 is 0 Å². The van der Waals surface area contributed by atoms with Crippen LogP contribution >= 0.6 is 16.1 Å². The molecule has 11 heavy (non-hydrogen) atoms. The van der Waals surface area contributed by atoms with Gasteiger partial charge in [0.25, 0.3) is 0 Å². The van der Waals surface area contributed by atoms with Crippen LogP contribution in [-0.2, 0) is 6.54 Å². The van der Waals surface area contributed by atoms with Crippen molar-refractivity contribution >= 4 is 16.1 Å². The third-order valence-electron chi connectivity index (χ3n) is 1.27. The number of benzene rings is 1. The molecule has 1 nitrogen and oxygen atoms in total. The van der Waals surface area contributed by atoms with E-state index in [1.165, 1.54) is 12.1 Å². The molecule has 60 valence electrons. The second-order valence-electron chi connectivity index (χ2n) is 2.05. The minimum absolute atomic E-state index is 0.339. The molecular weight excluding hydrogens is 216 g/mol. The fraction of sp³-hybridized carbons (Fsp3) is 0.143. The van der Waals surface area contributed by atoms with Crippen LogP contribution in [0.15, 0.2) is 18.2 Å². The molecular formula is C7H6BrF2N. The van der Waals surface area contributed by atoms with E-state index in [1.807, 2.05) is 0 Å². The van der Waals surface area contributed by atoms with Crippen LogP contribution in [0.3, 0.4) is 0 Å². The summed E-state index contributed by atoms with van der Waals surface area (Å²) < 4.78 is 27.6. The van der Waals surface area contributed by atoms with Crippen LogP contribution in [0.1, 0.15) is 5.56 Å². The summed E-state index contributed by atoms with van der Waals surface area (Å²) >= 11 is 2.93. The summed E-state index contributed by atoms with van der Waals surface area (Å²) in [6.07, 6.45) is 0. The molecule has 1 N–H and O–H groups in total. The highest BCUT2D eigenvalue weighted by atomic mass is 79.9. The molecule has 0 radical (unpaired) electrons. The van der Waals surface area contributed by atoms with Gasteiger partial charge in [0.2, 0.25) is 0 Å². The zero-order chi connectivity index (χ0) is 8.27. The number of halogens is 3. The first-order valence-corrected chi connectivity index (χ1v) is 3.81. The Hall–Kier alpha value is -0.480. The van der Waals surface area contributed by atoms with Gasteiger partial charge in [-0.25, -0.2) is 8.78 Å². The molecule has 0 aliphatic rings. The van der Waals surface area contributed by atoms with Crippen LogP contribution in [0.25, 0.3) is 0 Å². The summed E-state index contributed by atoms with van der Waals surface area (Å²) in [5.74, 6) is -1.09. The second-order valence-corrected chi connectivity index (χ2v) is 2.61. The Morgan fingerprint density at radius 3 is 2.64 bits per heavy atom. The zero-order valence-electron chi connectivity index (χ0n) is 5.57. The van der Waals surface area contributed by atoms with Gasteiger partial charge in [-0.15, -0.1) is 0 Å². The maximum Gasteiger partial charge on any atom is 0.130 e. The van der Waals surface area contributed by atoms with Gasteiger partial charge < -0.3 is 0 Å². The number of hydrogen-bond acceptors (Lipinski definition) is 1. The largest absolute Gasteiger partial charge is 0.251 e. The third-order valence-corrected chi connectivity index (χ3v) is 1.55. The van der Waals surface area contributed by atoms with Crippen molar-refractivity contribution in [3.8, 4) is 0 Å². The topological polar surface area (TPSA) is 12.0 Å². The molecule has 1 rings (SSSR count). The van der Waals surface area contributed by atoms with Crippen LogP contribution < -0.4 is 4.34 Å². The zero-order valence-corrected chi connectivity index (χ0v) is 7.16. The van der Waals surface area contributed by atoms with Gasteiger partial charge in [-0.2, -0.15) is 0 Å². The Balaban J connectivity index is 2.90. The van der Waals surface area contributed by atoms with Crippen LogP contribution in [0.2, 0.25) is 0 Å². The van der Waals surface area contributed by atoms with Crippen LogP contribution in [0.4, 0.5) is 8.78 Å². The lowest BCUT2D eigenvalue weighted by Crippen LogP contribution is -2.00. The molecule has 0 spiro atoms. The van der Waals surface area contributed by atoms with E-state index in [4.69, 9.17) is 0 Å². The molecule has 0 atom stereocenters. The summed E-state index contributed by atoms with van der Waals surface area (Å²) in [5.41, 5.74) is 0.434. The smallest absolute Gasteiger partial charge is 0.130 e. The van der Waals surface area contributed by atoms with E-state index in [0.29, 0.717) is 12.1 Å². The molecule has 0 heterocycles. The lowest BCUT2D eigenvalue weighted by Gasteiger charge is -1.99. The lowest BCUT2D eigenvalue weighted by atomic mass is 10.2. The van der Waals surface area contributed by atoms with Gasteiger partial charge >= 0.3 is 0 Å². The molecule has 0 fully saturated rings. The molecule has 0 unspecified atom stereocenters. The molecule has 0 aliphatic heterocycles. The molecule has 0 saturated heterocycles. The number of rotatable bonds is 2. The Kier molecular flexibility index (Phi) is 2.96. The number of hydrogen-bond donors (Lipinski definition) is 1. The van der Waals surface area contributed by atoms with E-state index in [9.17, 15) is 8.78 Å². The van der Waals surface area contributed by atoms with Crippen LogP contribution in [0.5, 0.6) is 0 Å². The fourth-order valence-electron chi connectivity index (χ4n) is 0.737. The van der Waals surface area contributed by atoms with Crippen LogP contribution in [0, 0.1) is 11.6 Å². The van der Waals surface area contributed by atoms with E-state index in [0.717, 1.165) is 6.07 Å². The minimum atomic E-state index is -0.555. The minimum Gasteiger partial charge on any atom is -0.251 e. The Labute approximate surface area is 71.8 Å². The van der Waals surface area contributed by atoms with Crippen LogP contribution in [-0.4, -0.2) is 0 Å². The Morgan fingerprint density at radius 2 is 2.09 bits per heavy atom. The lowest BCUT2D eigenvalue weighted by molar-refractivity contribution is 0.571. The highest BCUT2D eigenvalue weighted by Gasteiger charge is 2.01. The molecule has 1 aromatic carbocycles. The molecule has 4 heteroatoms. The van der Waals surface area contributed by atoms with Gasteiger partial charge in [0.15, 0.2) is 0 Å². The molecule has 0 amide bonds. The Morgan fingerprint density at radius 1 is 1.36 bits per heavy atom. The normalized spacial score (nSPS) is 10.1. The third kappa shape index (κ3) is 2.24. The van der Waals surface area contributed by atoms with E-state index in [-0.39, 0.29) is 0 Å². The van der Waals surface area contributed by atoms with Gasteiger partial charge in [-0.1, -0.05) is 6.07 Å². The summed E-state index contributed by atoms with van der Waals surface area (Å²) in [6, 6.07) is 3.49. The van der Waals surface area contributed by atoms with Gasteiger partial charge in [-0.05, 0) is 6.07 Å². The highest BCUT2D eigenvalue weighted by molar-refractivity contribution is 9.08. The van der Waals surface area contributed by atoms with Crippen molar-refractivity contribution in [2.24, 2.45) is 0 Å². The predicted molar refractivity (Wildman–Crippen MR) is 42.1 cm³/mol. The van der Waals surface area contributed by atoms with Crippen molar-refractivity contribution in [3.63, 3.8) is 0 Å². The average Bonchev–Trinajstić information content (AvgIpc) is 1.95. The van der Waals surface area contributed by atoms with E-state index in [1.54, 1.807) is 0 Å². The monoisotopic (exact) mass is 221 g/mol. The van der Waals surface area contributed by atoms with E-state index < -0.39 is 11.6 Å². The SMILES string of the molecule is Fc1ccc(CNBr)c(F)c1. The average molecular weight is 222 g/mol. The van der Waals surface area contributed by atoms with Gasteiger partial charge in [0.1, 0.15) is 11.6 Å². The van der Waals surface area contributed by atoms with Gasteiger partial charge in [0.05, 0.1) is 0 Å². The quantitative estimate of drug-likeness (QED) is 0.757. The summed E-state index contributed by atoms with van der Waals surface area (Å²) in [5, 5.41) is 0. The first kappa shape index (κ1) is 8.62.